The third-order valence-electron chi connectivity index (χ3n) is 7.15. The van der Waals surface area contributed by atoms with E-state index < -0.39 is 0 Å². The van der Waals surface area contributed by atoms with Crippen molar-refractivity contribution in [3.63, 3.8) is 0 Å². The molecule has 3 aromatic heterocycles. The van der Waals surface area contributed by atoms with E-state index in [1.165, 1.54) is 12.5 Å². The van der Waals surface area contributed by atoms with Crippen LogP contribution in [-0.4, -0.2) is 61.4 Å². The van der Waals surface area contributed by atoms with Crippen molar-refractivity contribution in [2.75, 3.05) is 31.6 Å². The van der Waals surface area contributed by atoms with Crippen LogP contribution in [0.3, 0.4) is 0 Å². The highest BCUT2D eigenvalue weighted by Crippen LogP contribution is 2.22. The van der Waals surface area contributed by atoms with Crippen molar-refractivity contribution in [2.45, 2.75) is 45.2 Å². The predicted molar refractivity (Wildman–Crippen MR) is 137 cm³/mol. The zero-order valence-corrected chi connectivity index (χ0v) is 20.5. The molecule has 2 aliphatic heterocycles. The molecule has 1 amide bonds. The minimum Gasteiger partial charge on any atom is -0.381 e. The average molecular weight is 492 g/mol. The third kappa shape index (κ3) is 5.64. The highest BCUT2D eigenvalue weighted by Gasteiger charge is 2.29. The lowest BCUT2D eigenvalue weighted by atomic mass is 9.96. The summed E-state index contributed by atoms with van der Waals surface area (Å²) < 4.78 is 9.20. The molecule has 2 aliphatic rings. The molecule has 1 atom stereocenters. The summed E-state index contributed by atoms with van der Waals surface area (Å²) in [5.74, 6) is 1.43. The number of ether oxygens (including phenoxy) is 1. The zero-order valence-electron chi connectivity index (χ0n) is 20.5. The van der Waals surface area contributed by atoms with Gasteiger partial charge < -0.3 is 15.0 Å². The zero-order chi connectivity index (χ0) is 24.9. The molecule has 1 N–H and O–H groups in total. The molecule has 0 aliphatic carbocycles. The monoisotopic (exact) mass is 491 g/mol. The number of carbonyl (C=O) groups is 1. The van der Waals surface area contributed by atoms with Crippen molar-refractivity contribution < 1.29 is 9.53 Å². The van der Waals surface area contributed by atoms with Crippen LogP contribution in [-0.2, 0) is 22.6 Å². The maximum atomic E-state index is 12.7. The summed E-state index contributed by atoms with van der Waals surface area (Å²) in [4.78, 5) is 35.2. The van der Waals surface area contributed by atoms with Gasteiger partial charge in [0.15, 0.2) is 0 Å². The van der Waals surface area contributed by atoms with E-state index in [2.05, 4.69) is 27.0 Å². The Kier molecular flexibility index (Phi) is 7.41. The van der Waals surface area contributed by atoms with E-state index >= 15 is 0 Å². The van der Waals surface area contributed by atoms with Gasteiger partial charge >= 0.3 is 0 Å². The van der Waals surface area contributed by atoms with Gasteiger partial charge in [-0.25, -0.2) is 4.98 Å². The van der Waals surface area contributed by atoms with Gasteiger partial charge in [0.25, 0.3) is 5.56 Å². The summed E-state index contributed by atoms with van der Waals surface area (Å²) in [5.41, 5.74) is 1.31. The number of hydrogen-bond donors (Lipinski definition) is 1. The second-order valence-corrected chi connectivity index (χ2v) is 9.71. The van der Waals surface area contributed by atoms with Crippen LogP contribution in [0.15, 0.2) is 48.2 Å². The van der Waals surface area contributed by atoms with Gasteiger partial charge in [0.05, 0.1) is 11.9 Å². The van der Waals surface area contributed by atoms with Gasteiger partial charge in [-0.3, -0.25) is 18.8 Å². The largest absolute Gasteiger partial charge is 0.381 e. The first kappa shape index (κ1) is 24.2. The molecule has 1 unspecified atom stereocenters. The number of aromatic nitrogens is 5. The number of hydrogen-bond acceptors (Lipinski definition) is 7. The Hall–Kier alpha value is -3.53. The van der Waals surface area contributed by atoms with Crippen molar-refractivity contribution in [2.24, 2.45) is 11.8 Å². The van der Waals surface area contributed by atoms with Crippen LogP contribution in [0.4, 0.5) is 11.6 Å². The summed E-state index contributed by atoms with van der Waals surface area (Å²) in [7, 11) is 0. The summed E-state index contributed by atoms with van der Waals surface area (Å²) in [5, 5.41) is 8.52. The van der Waals surface area contributed by atoms with Crippen molar-refractivity contribution >= 4 is 28.6 Å². The fourth-order valence-corrected chi connectivity index (χ4v) is 4.97. The molecular weight excluding hydrogens is 458 g/mol. The van der Waals surface area contributed by atoms with E-state index in [0.29, 0.717) is 43.1 Å². The smallest absolute Gasteiger partial charge is 0.252 e. The molecule has 10 heteroatoms. The number of anilines is 2. The first-order valence-electron chi connectivity index (χ1n) is 12.7. The van der Waals surface area contributed by atoms with Crippen LogP contribution >= 0.6 is 0 Å². The molecule has 10 nitrogen and oxygen atoms in total. The summed E-state index contributed by atoms with van der Waals surface area (Å²) in [6, 6.07) is 3.31. The number of rotatable bonds is 9. The van der Waals surface area contributed by atoms with Crippen LogP contribution in [0, 0.1) is 11.8 Å². The molecule has 2 fully saturated rings. The Morgan fingerprint density at radius 1 is 1.14 bits per heavy atom. The van der Waals surface area contributed by atoms with E-state index in [4.69, 9.17) is 4.74 Å². The van der Waals surface area contributed by atoms with Gasteiger partial charge in [-0.15, -0.1) is 0 Å². The lowest BCUT2D eigenvalue weighted by Gasteiger charge is -2.38. The van der Waals surface area contributed by atoms with Crippen molar-refractivity contribution in [1.82, 2.24) is 29.2 Å². The lowest BCUT2D eigenvalue weighted by molar-refractivity contribution is -0.132. The minimum atomic E-state index is -0.0952. The Morgan fingerprint density at radius 2 is 2.00 bits per heavy atom. The molecule has 2 saturated heterocycles. The second kappa shape index (κ2) is 11.0. The highest BCUT2D eigenvalue weighted by atomic mass is 16.5. The van der Waals surface area contributed by atoms with Crippen molar-refractivity contribution in [3.05, 3.63) is 53.7 Å². The summed E-state index contributed by atoms with van der Waals surface area (Å²) in [6.07, 6.45) is 12.2. The molecule has 0 radical (unpaired) electrons. The van der Waals surface area contributed by atoms with Crippen LogP contribution in [0.5, 0.6) is 0 Å². The quantitative estimate of drug-likeness (QED) is 0.459. The normalized spacial score (nSPS) is 18.6. The maximum absolute atomic E-state index is 12.7. The van der Waals surface area contributed by atoms with E-state index in [1.807, 2.05) is 10.9 Å². The number of aryl methyl sites for hydroxylation is 2. The second-order valence-electron chi connectivity index (χ2n) is 9.71. The van der Waals surface area contributed by atoms with Crippen molar-refractivity contribution in [1.29, 1.82) is 0 Å². The molecule has 0 saturated carbocycles. The van der Waals surface area contributed by atoms with E-state index in [-0.39, 0.29) is 11.5 Å². The van der Waals surface area contributed by atoms with E-state index in [1.54, 1.807) is 34.0 Å². The first-order valence-corrected chi connectivity index (χ1v) is 12.7. The number of carbonyl (C=O) groups excluding carboxylic acids is 1. The first-order chi connectivity index (χ1) is 17.6. The molecule has 0 bridgehead atoms. The van der Waals surface area contributed by atoms with Gasteiger partial charge in [0, 0.05) is 63.2 Å². The predicted octanol–water partition coefficient (Wildman–Crippen LogP) is 2.97. The van der Waals surface area contributed by atoms with Crippen LogP contribution in [0.1, 0.15) is 32.1 Å². The number of pyridine rings is 1. The Labute approximate surface area is 210 Å². The SMILES string of the molecule is C=CC(=O)N1CC(CCn2c(=O)ccc3cnc(Nc4cnn(CCC5CCCOCC5)c4)nc32)C1. The maximum Gasteiger partial charge on any atom is 0.252 e. The van der Waals surface area contributed by atoms with E-state index in [9.17, 15) is 9.59 Å². The number of nitrogens with one attached hydrogen (secondary N) is 1. The van der Waals surface area contributed by atoms with Gasteiger partial charge in [-0.1, -0.05) is 6.58 Å². The Balaban J connectivity index is 1.22. The number of fused-ring (bicyclic) bond motifs is 1. The molecule has 36 heavy (non-hydrogen) atoms. The number of nitrogens with zero attached hydrogens (tertiary/aromatic N) is 6. The van der Waals surface area contributed by atoms with Gasteiger partial charge in [-0.2, -0.15) is 10.1 Å². The van der Waals surface area contributed by atoms with Gasteiger partial charge in [-0.05, 0) is 56.1 Å². The fourth-order valence-electron chi connectivity index (χ4n) is 4.97. The van der Waals surface area contributed by atoms with Gasteiger partial charge in [0.1, 0.15) is 5.65 Å². The lowest BCUT2D eigenvalue weighted by Crippen LogP contribution is -2.49. The fraction of sp³-hybridized carbons (Fsp3) is 0.500. The molecule has 5 heterocycles. The molecule has 0 spiro atoms. The topological polar surface area (TPSA) is 107 Å². The molecule has 0 aromatic carbocycles. The van der Waals surface area contributed by atoms with Gasteiger partial charge in [0.2, 0.25) is 11.9 Å². The number of likely N-dealkylation sites (tertiary alicyclic amines) is 1. The molecule has 3 aromatic rings. The summed E-state index contributed by atoms with van der Waals surface area (Å²) in [6.45, 7) is 8.07. The van der Waals surface area contributed by atoms with Crippen LogP contribution in [0.25, 0.3) is 11.0 Å². The molecule has 190 valence electrons. The molecular formula is C26H33N7O3. The van der Waals surface area contributed by atoms with Crippen LogP contribution < -0.4 is 10.9 Å². The average Bonchev–Trinajstić information content (AvgIpc) is 3.14. The number of amides is 1. The Bertz CT molecular complexity index is 1270. The third-order valence-corrected chi connectivity index (χ3v) is 7.15. The Morgan fingerprint density at radius 3 is 2.86 bits per heavy atom. The van der Waals surface area contributed by atoms with Crippen LogP contribution in [0.2, 0.25) is 0 Å². The van der Waals surface area contributed by atoms with E-state index in [0.717, 1.165) is 56.5 Å². The minimum absolute atomic E-state index is 0.0422. The highest BCUT2D eigenvalue weighted by molar-refractivity contribution is 5.87. The summed E-state index contributed by atoms with van der Waals surface area (Å²) >= 11 is 0. The standard InChI is InChI=1S/C26H33N7O3/c1-2-23(34)31-16-20(17-31)8-11-33-24(35)6-5-21-14-27-26(30-25(21)33)29-22-15-28-32(18-22)10-7-19-4-3-12-36-13-9-19/h2,5-6,14-15,18-20H,1,3-4,7-13,16-17H2,(H,27,29,30). The molecule has 5 rings (SSSR count). The van der Waals surface area contributed by atoms with Crippen molar-refractivity contribution in [3.8, 4) is 0 Å².